The molecule has 0 saturated carbocycles. The Morgan fingerprint density at radius 2 is 0.706 bits per heavy atom. The lowest BCUT2D eigenvalue weighted by molar-refractivity contribution is -0.144. The molecule has 0 aromatic carbocycles. The van der Waals surface area contributed by atoms with E-state index in [0.717, 1.165) is 0 Å². The van der Waals surface area contributed by atoms with E-state index < -0.39 is 186 Å². The summed E-state index contributed by atoms with van der Waals surface area (Å²) in [5.41, 5.74) is 23.3. The minimum absolute atomic E-state index is 0.00220. The third-order valence-electron chi connectivity index (χ3n) is 17.5. The molecule has 1 heterocycles. The number of nitrogens with one attached hydrogen (secondary N) is 14. The van der Waals surface area contributed by atoms with Crippen molar-refractivity contribution in [3.8, 4) is 0 Å². The number of aromatic amines is 1. The number of carbonyl (C=O) groups is 15. The molecule has 1 aromatic rings. The van der Waals surface area contributed by atoms with Gasteiger partial charge in [-0.05, 0) is 133 Å². The van der Waals surface area contributed by atoms with E-state index >= 15 is 0 Å². The van der Waals surface area contributed by atoms with Crippen molar-refractivity contribution in [1.82, 2.24) is 79.1 Å². The largest absolute Gasteiger partial charge is 0.480 e. The van der Waals surface area contributed by atoms with Crippen LogP contribution < -0.4 is 92.1 Å². The van der Waals surface area contributed by atoms with E-state index in [1.807, 2.05) is 13.8 Å². The van der Waals surface area contributed by atoms with Gasteiger partial charge in [0.05, 0.1) is 12.4 Å². The molecular weight excluding hydrogens is 1470 g/mol. The van der Waals surface area contributed by atoms with E-state index in [0.29, 0.717) is 37.8 Å². The third kappa shape index (κ3) is 38.6. The van der Waals surface area contributed by atoms with E-state index in [4.69, 9.17) is 22.9 Å². The Hall–Kier alpha value is -7.81. The first-order valence-corrected chi connectivity index (χ1v) is 39.5. The Bertz CT molecular complexity index is 3100. The van der Waals surface area contributed by atoms with Crippen LogP contribution in [0.5, 0.6) is 0 Å². The number of aliphatic carboxylic acids is 1. The van der Waals surface area contributed by atoms with Gasteiger partial charge < -0.3 is 102 Å². The lowest BCUT2D eigenvalue weighted by Crippen LogP contribution is -2.61. The van der Waals surface area contributed by atoms with Crippen LogP contribution in [0.2, 0.25) is 0 Å². The fraction of sp³-hybridized carbons (Fsp3) is 0.746. The average molecular weight is 1600 g/mol. The number of rotatable bonds is 55. The van der Waals surface area contributed by atoms with Gasteiger partial charge in [0.1, 0.15) is 78.5 Å². The molecule has 0 spiro atoms. The number of amides is 14. The van der Waals surface area contributed by atoms with Crippen molar-refractivity contribution in [2.75, 3.05) is 30.3 Å². The third-order valence-corrected chi connectivity index (χ3v) is 18.6. The SMILES string of the molecule is CC[C@H](C)[C@H](NC(=O)[C@H](CCCCN)NC(=O)[C@H](CS)NC(=O)[C@H](CS)NC(=O)[C@H](CCCCN)NC(=O)[C@H](CC(C)C)NC(=O)[C@H](C)NC(=O)[C@H](CC(C)C)NC(=O)[C@H](CC(C)C)NC(=O)[C@H](CCC(N)=O)NC(=O)[C@H](CC(C)C)NC(=O)[C@H](Cc1cnc[nH]1)NC(=O)[C@H](CC(C)C)NC(=O)[C@@H](N)CS)C(=O)O. The smallest absolute Gasteiger partial charge is 0.326 e. The van der Waals surface area contributed by atoms with Crippen molar-refractivity contribution < 1.29 is 77.0 Å². The molecule has 23 N–H and O–H groups in total. The maximum atomic E-state index is 14.5. The highest BCUT2D eigenvalue weighted by Gasteiger charge is 2.39. The number of H-pyrrole nitrogens is 1. The zero-order chi connectivity index (χ0) is 82.9. The van der Waals surface area contributed by atoms with Crippen molar-refractivity contribution in [2.24, 2.45) is 58.4 Å². The summed E-state index contributed by atoms with van der Waals surface area (Å²) in [5.74, 6) is -14.9. The number of hydrogen-bond donors (Lipinski definition) is 22. The monoisotopic (exact) mass is 1600 g/mol. The molecule has 109 heavy (non-hydrogen) atoms. The predicted octanol–water partition coefficient (Wildman–Crippen LogP) is -1.72. The molecule has 0 unspecified atom stereocenters. The molecule has 620 valence electrons. The number of hydrogen-bond acceptors (Lipinski definition) is 22. The average Bonchev–Trinajstić information content (AvgIpc) is 1.56. The fourth-order valence-corrected chi connectivity index (χ4v) is 11.9. The molecule has 15 atom stereocenters. The molecule has 0 aliphatic carbocycles. The number of thiol groups is 3. The van der Waals surface area contributed by atoms with Gasteiger partial charge in [-0.25, -0.2) is 9.78 Å². The van der Waals surface area contributed by atoms with Crippen LogP contribution in [-0.4, -0.2) is 219 Å². The number of carbonyl (C=O) groups excluding carboxylic acids is 14. The van der Waals surface area contributed by atoms with Gasteiger partial charge in [-0.2, -0.15) is 37.9 Å². The van der Waals surface area contributed by atoms with Gasteiger partial charge in [-0.15, -0.1) is 0 Å². The highest BCUT2D eigenvalue weighted by atomic mass is 32.1. The summed E-state index contributed by atoms with van der Waals surface area (Å²) in [6, 6.07) is -18.4. The van der Waals surface area contributed by atoms with E-state index in [1.54, 1.807) is 69.2 Å². The minimum Gasteiger partial charge on any atom is -0.480 e. The highest BCUT2D eigenvalue weighted by Crippen LogP contribution is 2.17. The van der Waals surface area contributed by atoms with Crippen molar-refractivity contribution in [2.45, 2.75) is 271 Å². The summed E-state index contributed by atoms with van der Waals surface area (Å²) >= 11 is 12.6. The summed E-state index contributed by atoms with van der Waals surface area (Å²) in [7, 11) is 0. The molecular formula is C71H127N19O16S3. The zero-order valence-corrected chi connectivity index (χ0v) is 68.2. The summed E-state index contributed by atoms with van der Waals surface area (Å²) in [4.78, 5) is 214. The molecule has 38 heteroatoms. The molecule has 14 amide bonds. The van der Waals surface area contributed by atoms with Gasteiger partial charge in [-0.1, -0.05) is 89.5 Å². The van der Waals surface area contributed by atoms with E-state index in [2.05, 4.69) is 117 Å². The first kappa shape index (κ1) is 99.2. The maximum absolute atomic E-state index is 14.5. The van der Waals surface area contributed by atoms with Gasteiger partial charge >= 0.3 is 5.97 Å². The van der Waals surface area contributed by atoms with E-state index in [9.17, 15) is 77.0 Å². The predicted molar refractivity (Wildman–Crippen MR) is 421 cm³/mol. The van der Waals surface area contributed by atoms with Crippen molar-refractivity contribution in [1.29, 1.82) is 0 Å². The molecule has 1 aromatic heterocycles. The Balaban J connectivity index is 3.52. The number of nitrogens with two attached hydrogens (primary N) is 4. The van der Waals surface area contributed by atoms with Gasteiger partial charge in [-0.3, -0.25) is 67.1 Å². The molecule has 35 nitrogen and oxygen atoms in total. The number of carboxylic acids is 1. The first-order valence-electron chi connectivity index (χ1n) is 37.6. The molecule has 0 saturated heterocycles. The maximum Gasteiger partial charge on any atom is 0.326 e. The highest BCUT2D eigenvalue weighted by molar-refractivity contribution is 7.80. The van der Waals surface area contributed by atoms with Gasteiger partial charge in [0.15, 0.2) is 0 Å². The number of carboxylic acid groups (broad SMARTS) is 1. The van der Waals surface area contributed by atoms with Crippen molar-refractivity contribution >= 4 is 127 Å². The van der Waals surface area contributed by atoms with Crippen LogP contribution in [0.1, 0.15) is 186 Å². The number of aromatic nitrogens is 2. The van der Waals surface area contributed by atoms with Crippen LogP contribution >= 0.6 is 37.9 Å². The van der Waals surface area contributed by atoms with Gasteiger partial charge in [0.25, 0.3) is 0 Å². The van der Waals surface area contributed by atoms with Gasteiger partial charge in [0.2, 0.25) is 82.7 Å². The summed E-state index contributed by atoms with van der Waals surface area (Å²) in [6.07, 6.45) is 4.22. The Kier molecular flexibility index (Phi) is 47.7. The summed E-state index contributed by atoms with van der Waals surface area (Å²) < 4.78 is 0. The fourth-order valence-electron chi connectivity index (χ4n) is 11.2. The normalized spacial score (nSPS) is 15.6. The van der Waals surface area contributed by atoms with Crippen LogP contribution in [0, 0.1) is 35.5 Å². The van der Waals surface area contributed by atoms with E-state index in [1.165, 1.54) is 19.4 Å². The second-order valence-electron chi connectivity index (χ2n) is 29.8. The minimum atomic E-state index is -1.54. The van der Waals surface area contributed by atoms with Crippen LogP contribution in [-0.2, 0) is 78.3 Å². The summed E-state index contributed by atoms with van der Waals surface area (Å²) in [5, 5.41) is 44.1. The van der Waals surface area contributed by atoms with Crippen LogP contribution in [0.25, 0.3) is 0 Å². The first-order chi connectivity index (χ1) is 51.2. The van der Waals surface area contributed by atoms with E-state index in [-0.39, 0.29) is 118 Å². The van der Waals surface area contributed by atoms with Crippen molar-refractivity contribution in [3.63, 3.8) is 0 Å². The lowest BCUT2D eigenvalue weighted by atomic mass is 9.98. The molecule has 0 fully saturated rings. The van der Waals surface area contributed by atoms with Crippen LogP contribution in [0.3, 0.4) is 0 Å². The topological polar surface area (TPSA) is 565 Å². The molecule has 1 rings (SSSR count). The second-order valence-corrected chi connectivity index (χ2v) is 30.9. The van der Waals surface area contributed by atoms with Crippen LogP contribution in [0.4, 0.5) is 0 Å². The Morgan fingerprint density at radius 3 is 1.03 bits per heavy atom. The lowest BCUT2D eigenvalue weighted by Gasteiger charge is -2.29. The number of primary amides is 1. The van der Waals surface area contributed by atoms with Crippen LogP contribution in [0.15, 0.2) is 12.5 Å². The quantitative estimate of drug-likeness (QED) is 0.0255. The molecule has 0 bridgehead atoms. The second kappa shape index (κ2) is 52.4. The van der Waals surface area contributed by atoms with Crippen molar-refractivity contribution in [3.05, 3.63) is 18.2 Å². The van der Waals surface area contributed by atoms with Gasteiger partial charge in [0, 0.05) is 42.0 Å². The molecule has 0 aliphatic heterocycles. The Morgan fingerprint density at radius 1 is 0.404 bits per heavy atom. The standard InChI is InChI=1S/C71H127N19O16S3/c1-14-41(12)57(71(105)106)90-62(96)46(20-16-18-24-73)80-69(103)54(33-108)89-70(104)55(34-109)88-60(94)45(19-15-17-23-72)79-64(98)49(26-37(4)5)82-58(92)42(13)78-63(97)48(25-36(2)3)85-67(101)52(29-40(10)11)84-61(95)47(21-22-56(75)91)81-65(99)51(28-39(8)9)86-68(102)53(30-43-31-76-35-77-43)87-66(100)50(27-38(6)7)83-59(93)44(74)32-107/h31,35-42,44-55,57,107-109H,14-30,32-34,72-74H2,1-13H3,(H2,75,91)(H,76,77)(H,78,97)(H,79,98)(H,80,103)(H,81,99)(H,82,92)(H,83,93)(H,84,95)(H,85,101)(H,86,102)(H,87,100)(H,88,94)(H,89,104)(H,90,96)(H,105,106)/t41-,42-,44-,45-,46-,47-,48-,49-,50-,51-,52-,53-,54-,55-,57-/m0/s1. The molecule has 0 radical (unpaired) electrons. The number of unbranched alkanes of at least 4 members (excludes halogenated alkanes) is 2. The summed E-state index contributed by atoms with van der Waals surface area (Å²) in [6.45, 7) is 23.1. The zero-order valence-electron chi connectivity index (χ0n) is 65.5. The molecule has 0 aliphatic rings. The number of nitrogens with zero attached hydrogens (tertiary/aromatic N) is 1. The Labute approximate surface area is 657 Å². The number of imidazole rings is 1.